The second kappa shape index (κ2) is 6.84. The molecule has 6 nitrogen and oxygen atoms in total. The van der Waals surface area contributed by atoms with E-state index in [9.17, 15) is 9.59 Å². The SMILES string of the molecule is O=C1CCC(c2coc3cc4ccc(OCCN5CC6CC6C5)cc4cc23)C(=O)N1. The Morgan fingerprint density at radius 3 is 2.80 bits per heavy atom. The van der Waals surface area contributed by atoms with Gasteiger partial charge in [-0.2, -0.15) is 0 Å². The molecule has 3 atom stereocenters. The van der Waals surface area contributed by atoms with Crippen LogP contribution in [0, 0.1) is 11.8 Å². The van der Waals surface area contributed by atoms with Crippen LogP contribution in [0.4, 0.5) is 0 Å². The van der Waals surface area contributed by atoms with E-state index in [0.717, 1.165) is 51.4 Å². The number of nitrogens with zero attached hydrogens (tertiary/aromatic N) is 1. The lowest BCUT2D eigenvalue weighted by Crippen LogP contribution is -2.39. The van der Waals surface area contributed by atoms with Crippen molar-refractivity contribution in [3.8, 4) is 5.75 Å². The normalized spacial score (nSPS) is 26.2. The van der Waals surface area contributed by atoms with Crippen molar-refractivity contribution in [1.82, 2.24) is 10.2 Å². The number of imide groups is 1. The summed E-state index contributed by atoms with van der Waals surface area (Å²) in [6, 6.07) is 10.2. The van der Waals surface area contributed by atoms with E-state index in [4.69, 9.17) is 9.15 Å². The third-order valence-corrected chi connectivity index (χ3v) is 6.88. The molecule has 2 amide bonds. The van der Waals surface area contributed by atoms with Crippen LogP contribution in [0.5, 0.6) is 5.75 Å². The fourth-order valence-electron chi connectivity index (χ4n) is 5.09. The number of likely N-dealkylation sites (tertiary alicyclic amines) is 1. The minimum atomic E-state index is -0.354. The van der Waals surface area contributed by atoms with Crippen molar-refractivity contribution in [3.05, 3.63) is 42.2 Å². The molecule has 0 bridgehead atoms. The average Bonchev–Trinajstić information content (AvgIpc) is 3.14. The third-order valence-electron chi connectivity index (χ3n) is 6.88. The number of amides is 2. The number of carbonyl (C=O) groups excluding carboxylic acids is 2. The van der Waals surface area contributed by atoms with Gasteiger partial charge in [0, 0.05) is 37.0 Å². The summed E-state index contributed by atoms with van der Waals surface area (Å²) in [4.78, 5) is 26.3. The highest BCUT2D eigenvalue weighted by Crippen LogP contribution is 2.44. The number of rotatable bonds is 5. The molecule has 6 rings (SSSR count). The maximum atomic E-state index is 12.3. The van der Waals surface area contributed by atoms with Crippen LogP contribution in [0.15, 0.2) is 41.0 Å². The molecule has 0 spiro atoms. The van der Waals surface area contributed by atoms with E-state index in [1.807, 2.05) is 18.2 Å². The van der Waals surface area contributed by atoms with Gasteiger partial charge in [0.1, 0.15) is 17.9 Å². The Morgan fingerprint density at radius 1 is 1.10 bits per heavy atom. The van der Waals surface area contributed by atoms with Crippen LogP contribution in [0.2, 0.25) is 0 Å². The fourth-order valence-corrected chi connectivity index (χ4v) is 5.09. The summed E-state index contributed by atoms with van der Waals surface area (Å²) in [5, 5.41) is 5.48. The maximum absolute atomic E-state index is 12.3. The molecule has 30 heavy (non-hydrogen) atoms. The number of hydrogen-bond donors (Lipinski definition) is 1. The Labute approximate surface area is 174 Å². The molecule has 2 saturated heterocycles. The largest absolute Gasteiger partial charge is 0.492 e. The highest BCUT2D eigenvalue weighted by molar-refractivity contribution is 6.04. The maximum Gasteiger partial charge on any atom is 0.234 e. The van der Waals surface area contributed by atoms with Gasteiger partial charge in [0.05, 0.1) is 12.2 Å². The van der Waals surface area contributed by atoms with Crippen molar-refractivity contribution >= 4 is 33.6 Å². The van der Waals surface area contributed by atoms with Gasteiger partial charge >= 0.3 is 0 Å². The van der Waals surface area contributed by atoms with Crippen LogP contribution in [-0.2, 0) is 9.59 Å². The Balaban J connectivity index is 1.23. The molecule has 3 heterocycles. The van der Waals surface area contributed by atoms with E-state index in [1.165, 1.54) is 19.5 Å². The Hall–Kier alpha value is -2.86. The topological polar surface area (TPSA) is 71.8 Å². The van der Waals surface area contributed by atoms with Gasteiger partial charge in [-0.25, -0.2) is 0 Å². The van der Waals surface area contributed by atoms with E-state index in [2.05, 4.69) is 22.3 Å². The molecule has 154 valence electrons. The Kier molecular flexibility index (Phi) is 4.09. The van der Waals surface area contributed by atoms with Gasteiger partial charge < -0.3 is 9.15 Å². The van der Waals surface area contributed by atoms with Gasteiger partial charge in [0.15, 0.2) is 0 Å². The first kappa shape index (κ1) is 18.0. The van der Waals surface area contributed by atoms with Crippen molar-refractivity contribution in [3.63, 3.8) is 0 Å². The standard InChI is InChI=1S/C24H24N2O4/c27-23-4-3-19(24(28)25-23)21-13-30-22-10-14-1-2-18(8-15(14)9-20(21)22)29-6-5-26-11-16-7-17(16)12-26/h1-2,8-10,13,16-17,19H,3-7,11-12H2,(H,25,27,28). The van der Waals surface area contributed by atoms with Crippen LogP contribution < -0.4 is 10.1 Å². The van der Waals surface area contributed by atoms with Crippen molar-refractivity contribution < 1.29 is 18.7 Å². The lowest BCUT2D eigenvalue weighted by molar-refractivity contribution is -0.134. The van der Waals surface area contributed by atoms with Crippen molar-refractivity contribution in [2.45, 2.75) is 25.2 Å². The molecule has 1 saturated carbocycles. The van der Waals surface area contributed by atoms with Crippen LogP contribution in [0.3, 0.4) is 0 Å². The third kappa shape index (κ3) is 3.16. The van der Waals surface area contributed by atoms with Gasteiger partial charge in [-0.1, -0.05) is 6.07 Å². The van der Waals surface area contributed by atoms with Crippen LogP contribution in [0.1, 0.15) is 30.7 Å². The smallest absolute Gasteiger partial charge is 0.234 e. The Bertz CT molecular complexity index is 1160. The molecule has 3 unspecified atom stereocenters. The van der Waals surface area contributed by atoms with Gasteiger partial charge in [-0.05, 0) is 59.7 Å². The number of ether oxygens (including phenoxy) is 1. The molecule has 3 aliphatic rings. The molecule has 2 aromatic carbocycles. The summed E-state index contributed by atoms with van der Waals surface area (Å²) >= 11 is 0. The summed E-state index contributed by atoms with van der Waals surface area (Å²) < 4.78 is 11.8. The molecule has 0 radical (unpaired) electrons. The van der Waals surface area contributed by atoms with E-state index in [-0.39, 0.29) is 17.7 Å². The minimum absolute atomic E-state index is 0.206. The van der Waals surface area contributed by atoms with Gasteiger partial charge in [0.25, 0.3) is 0 Å². The summed E-state index contributed by atoms with van der Waals surface area (Å²) in [7, 11) is 0. The van der Waals surface area contributed by atoms with Crippen molar-refractivity contribution in [1.29, 1.82) is 0 Å². The Morgan fingerprint density at radius 2 is 1.97 bits per heavy atom. The number of carbonyl (C=O) groups is 2. The quantitative estimate of drug-likeness (QED) is 0.660. The molecule has 6 heteroatoms. The lowest BCUT2D eigenvalue weighted by atomic mass is 9.90. The average molecular weight is 404 g/mol. The second-order valence-electron chi connectivity index (χ2n) is 8.92. The number of hydrogen-bond acceptors (Lipinski definition) is 5. The van der Waals surface area contributed by atoms with Crippen LogP contribution >= 0.6 is 0 Å². The number of fused-ring (bicyclic) bond motifs is 3. The van der Waals surface area contributed by atoms with Crippen molar-refractivity contribution in [2.24, 2.45) is 11.8 Å². The molecule has 3 aromatic rings. The molecule has 1 aliphatic carbocycles. The zero-order chi connectivity index (χ0) is 20.2. The monoisotopic (exact) mass is 404 g/mol. The fraction of sp³-hybridized carbons (Fsp3) is 0.417. The van der Waals surface area contributed by atoms with Crippen LogP contribution in [0.25, 0.3) is 21.7 Å². The second-order valence-corrected chi connectivity index (χ2v) is 8.92. The number of nitrogens with one attached hydrogen (secondary N) is 1. The van der Waals surface area contributed by atoms with Gasteiger partial charge in [0.2, 0.25) is 11.8 Å². The highest BCUT2D eigenvalue weighted by atomic mass is 16.5. The zero-order valence-corrected chi connectivity index (χ0v) is 16.7. The lowest BCUT2D eigenvalue weighted by Gasteiger charge is -2.20. The predicted molar refractivity (Wildman–Crippen MR) is 112 cm³/mol. The van der Waals surface area contributed by atoms with Gasteiger partial charge in [-0.15, -0.1) is 0 Å². The van der Waals surface area contributed by atoms with E-state index in [0.29, 0.717) is 19.4 Å². The van der Waals surface area contributed by atoms with Gasteiger partial charge in [-0.3, -0.25) is 19.8 Å². The molecular formula is C24H24N2O4. The molecule has 1 N–H and O–H groups in total. The molecule has 3 fully saturated rings. The van der Waals surface area contributed by atoms with Crippen molar-refractivity contribution in [2.75, 3.05) is 26.2 Å². The molecule has 1 aromatic heterocycles. The first-order valence-electron chi connectivity index (χ1n) is 10.8. The first-order chi connectivity index (χ1) is 14.6. The zero-order valence-electron chi connectivity index (χ0n) is 16.7. The van der Waals surface area contributed by atoms with E-state index < -0.39 is 0 Å². The first-order valence-corrected chi connectivity index (χ1v) is 10.8. The van der Waals surface area contributed by atoms with E-state index in [1.54, 1.807) is 6.26 Å². The summed E-state index contributed by atoms with van der Waals surface area (Å²) in [6.07, 6.45) is 3.94. The molecule has 2 aliphatic heterocycles. The highest BCUT2D eigenvalue weighted by Gasteiger charge is 2.44. The number of furan rings is 1. The summed E-state index contributed by atoms with van der Waals surface area (Å²) in [5.74, 6) is 1.95. The summed E-state index contributed by atoms with van der Waals surface area (Å²) in [6.45, 7) is 4.13. The summed E-state index contributed by atoms with van der Waals surface area (Å²) in [5.41, 5.74) is 1.60. The van der Waals surface area contributed by atoms with Crippen LogP contribution in [-0.4, -0.2) is 43.0 Å². The minimum Gasteiger partial charge on any atom is -0.492 e. The number of piperidine rings is 2. The molecular weight excluding hydrogens is 380 g/mol. The predicted octanol–water partition coefficient (Wildman–Crippen LogP) is 3.44. The van der Waals surface area contributed by atoms with E-state index >= 15 is 0 Å². The number of benzene rings is 2.